The van der Waals surface area contributed by atoms with Crippen LogP contribution in [0, 0.1) is 0 Å². The van der Waals surface area contributed by atoms with Crippen LogP contribution in [0.4, 0.5) is 0 Å². The number of rotatable bonds is 8. The molecule has 18 rings (SSSR count). The Bertz CT molecular complexity index is 5440. The molecule has 0 N–H and O–H groups in total. The maximum Gasteiger partial charge on any atom is 0.160 e. The zero-order valence-corrected chi connectivity index (χ0v) is 46.5. The number of para-hydroxylation sites is 2. The number of aromatic nitrogens is 4. The van der Waals surface area contributed by atoms with E-state index in [4.69, 9.17) is 19.9 Å². The summed E-state index contributed by atoms with van der Waals surface area (Å²) in [6.07, 6.45) is 0. The van der Waals surface area contributed by atoms with Gasteiger partial charge in [-0.2, -0.15) is 0 Å². The fraction of sp³-hybridized carbons (Fsp3) is 0. The van der Waals surface area contributed by atoms with Crippen LogP contribution in [-0.2, 0) is 0 Å². The van der Waals surface area contributed by atoms with Gasteiger partial charge in [0.05, 0.1) is 33.6 Å². The molecule has 0 atom stereocenters. The van der Waals surface area contributed by atoms with Gasteiger partial charge in [-0.1, -0.05) is 255 Å². The number of hydrogen-bond donors (Lipinski definition) is 0. The highest BCUT2D eigenvalue weighted by molar-refractivity contribution is 6.22. The van der Waals surface area contributed by atoms with Crippen molar-refractivity contribution in [3.8, 4) is 134 Å². The van der Waals surface area contributed by atoms with Crippen molar-refractivity contribution in [3.63, 3.8) is 0 Å². The van der Waals surface area contributed by atoms with Gasteiger partial charge in [0.2, 0.25) is 0 Å². The standard InChI is InChI=1S/C82H48N4/c1-3-17-49(18-4-1)70-47-76(83-74-31-13-11-25-62(70)74)51-33-37-53(38-34-51)80-73-46-55(56-41-43-68-59-23-9-7-21-57(59)65-28-15-27-64(56)78(65)68)45-72(61-42-44-69-60-24-10-8-22-58(60)66-29-16-30-67(61)79(66)69)81(73)86-82(85-80)54-39-35-52(36-40-54)77-48-71(50-19-5-2-6-20-50)63-26-12-14-32-75(63)84-77/h1-48H. The molecule has 2 aliphatic rings. The second kappa shape index (κ2) is 19.0. The fourth-order valence-corrected chi connectivity index (χ4v) is 14.0. The van der Waals surface area contributed by atoms with Crippen LogP contribution in [-0.4, -0.2) is 19.9 Å². The van der Waals surface area contributed by atoms with Crippen molar-refractivity contribution in [2.24, 2.45) is 0 Å². The molecular formula is C82H48N4. The van der Waals surface area contributed by atoms with Crippen LogP contribution in [0.5, 0.6) is 0 Å². The predicted molar refractivity (Wildman–Crippen MR) is 358 cm³/mol. The molecule has 16 aromatic rings. The summed E-state index contributed by atoms with van der Waals surface area (Å²) in [5.74, 6) is 0.638. The maximum absolute atomic E-state index is 5.77. The summed E-state index contributed by atoms with van der Waals surface area (Å²) in [5.41, 5.74) is 28.6. The molecule has 0 fully saturated rings. The van der Waals surface area contributed by atoms with Crippen LogP contribution in [0.15, 0.2) is 291 Å². The first-order valence-electron chi connectivity index (χ1n) is 29.4. The van der Waals surface area contributed by atoms with Gasteiger partial charge < -0.3 is 0 Å². The van der Waals surface area contributed by atoms with E-state index in [-0.39, 0.29) is 0 Å². The minimum absolute atomic E-state index is 0.638. The lowest BCUT2D eigenvalue weighted by molar-refractivity contribution is 1.23. The monoisotopic (exact) mass is 1090 g/mol. The molecule has 396 valence electrons. The van der Waals surface area contributed by atoms with E-state index in [2.05, 4.69) is 291 Å². The number of hydrogen-bond acceptors (Lipinski definition) is 4. The number of nitrogens with zero attached hydrogens (tertiary/aromatic N) is 4. The molecule has 4 nitrogen and oxygen atoms in total. The summed E-state index contributed by atoms with van der Waals surface area (Å²) < 4.78 is 0. The summed E-state index contributed by atoms with van der Waals surface area (Å²) in [6, 6.07) is 105. The molecule has 3 aromatic heterocycles. The molecule has 0 unspecified atom stereocenters. The van der Waals surface area contributed by atoms with Gasteiger partial charge in [-0.3, -0.25) is 0 Å². The molecule has 0 spiro atoms. The van der Waals surface area contributed by atoms with E-state index < -0.39 is 0 Å². The van der Waals surface area contributed by atoms with Gasteiger partial charge >= 0.3 is 0 Å². The summed E-state index contributed by atoms with van der Waals surface area (Å²) in [6.45, 7) is 0. The van der Waals surface area contributed by atoms with Crippen LogP contribution in [0.1, 0.15) is 0 Å². The number of fused-ring (bicyclic) bond motifs is 9. The lowest BCUT2D eigenvalue weighted by Gasteiger charge is -2.18. The van der Waals surface area contributed by atoms with Crippen molar-refractivity contribution < 1.29 is 0 Å². The Kier molecular flexibility index (Phi) is 10.7. The maximum atomic E-state index is 5.77. The van der Waals surface area contributed by atoms with Crippen LogP contribution >= 0.6 is 0 Å². The first-order chi connectivity index (χ1) is 42.6. The Hall–Kier alpha value is -11.5. The van der Waals surface area contributed by atoms with E-state index in [9.17, 15) is 0 Å². The summed E-state index contributed by atoms with van der Waals surface area (Å²) in [5, 5.41) is 8.18. The quantitative estimate of drug-likeness (QED) is 0.152. The van der Waals surface area contributed by atoms with Gasteiger partial charge in [0.15, 0.2) is 5.82 Å². The smallest absolute Gasteiger partial charge is 0.160 e. The lowest BCUT2D eigenvalue weighted by atomic mass is 9.88. The third-order valence-electron chi connectivity index (χ3n) is 18.0. The van der Waals surface area contributed by atoms with Crippen molar-refractivity contribution in [1.29, 1.82) is 0 Å². The van der Waals surface area contributed by atoms with E-state index >= 15 is 0 Å². The SMILES string of the molecule is c1ccc(-c2cc(-c3ccc(-c4nc(-c5ccc(-c6cc(-c7ccccc7)c7ccccc7n6)cc5)c5cc(-c6ccc7c8c(cccc68)-c6ccccc6-7)cc(-c6ccc7c8c(cccc68)-c6ccccc6-7)c5n4)cc3)nc3ccccc23)cc1. The van der Waals surface area contributed by atoms with Crippen LogP contribution < -0.4 is 0 Å². The molecule has 13 aromatic carbocycles. The van der Waals surface area contributed by atoms with E-state index in [1.54, 1.807) is 0 Å². The van der Waals surface area contributed by atoms with E-state index in [1.807, 2.05) is 0 Å². The Morgan fingerprint density at radius 2 is 0.593 bits per heavy atom. The second-order valence-electron chi connectivity index (χ2n) is 22.7. The minimum Gasteiger partial charge on any atom is -0.248 e. The fourth-order valence-electron chi connectivity index (χ4n) is 14.0. The van der Waals surface area contributed by atoms with E-state index in [1.165, 1.54) is 66.1 Å². The third kappa shape index (κ3) is 7.50. The number of benzene rings is 13. The summed E-state index contributed by atoms with van der Waals surface area (Å²) in [7, 11) is 0. The van der Waals surface area contributed by atoms with E-state index in [0.717, 1.165) is 117 Å². The molecule has 2 aliphatic carbocycles. The van der Waals surface area contributed by atoms with Gasteiger partial charge in [0.25, 0.3) is 0 Å². The molecule has 0 aliphatic heterocycles. The minimum atomic E-state index is 0.638. The molecule has 0 amide bonds. The Morgan fingerprint density at radius 1 is 0.186 bits per heavy atom. The van der Waals surface area contributed by atoms with Crippen molar-refractivity contribution in [1.82, 2.24) is 19.9 Å². The molecule has 0 bridgehead atoms. The zero-order chi connectivity index (χ0) is 56.4. The Labute approximate surface area is 496 Å². The Balaban J connectivity index is 0.873. The van der Waals surface area contributed by atoms with Gasteiger partial charge in [0, 0.05) is 44.0 Å². The second-order valence-corrected chi connectivity index (χ2v) is 22.7. The van der Waals surface area contributed by atoms with Crippen molar-refractivity contribution in [2.45, 2.75) is 0 Å². The largest absolute Gasteiger partial charge is 0.248 e. The average Bonchev–Trinajstić information content (AvgIpc) is 1.60. The molecule has 86 heavy (non-hydrogen) atoms. The molecule has 0 saturated heterocycles. The first kappa shape index (κ1) is 48.1. The Morgan fingerprint density at radius 3 is 1.13 bits per heavy atom. The van der Waals surface area contributed by atoms with Gasteiger partial charge in [0.1, 0.15) is 0 Å². The number of pyridine rings is 2. The highest BCUT2D eigenvalue weighted by atomic mass is 14.9. The summed E-state index contributed by atoms with van der Waals surface area (Å²) >= 11 is 0. The van der Waals surface area contributed by atoms with Crippen LogP contribution in [0.3, 0.4) is 0 Å². The molecule has 3 heterocycles. The van der Waals surface area contributed by atoms with Crippen LogP contribution in [0.25, 0.3) is 188 Å². The highest BCUT2D eigenvalue weighted by Gasteiger charge is 2.27. The van der Waals surface area contributed by atoms with Crippen molar-refractivity contribution in [2.75, 3.05) is 0 Å². The van der Waals surface area contributed by atoms with Crippen molar-refractivity contribution >= 4 is 54.3 Å². The third-order valence-corrected chi connectivity index (χ3v) is 18.0. The zero-order valence-electron chi connectivity index (χ0n) is 46.5. The molecule has 0 saturated carbocycles. The van der Waals surface area contributed by atoms with E-state index in [0.29, 0.717) is 5.82 Å². The molecular weight excluding hydrogens is 1040 g/mol. The highest BCUT2D eigenvalue weighted by Crippen LogP contribution is 2.53. The van der Waals surface area contributed by atoms with Crippen LogP contribution in [0.2, 0.25) is 0 Å². The van der Waals surface area contributed by atoms with Gasteiger partial charge in [-0.15, -0.1) is 0 Å². The molecule has 0 radical (unpaired) electrons. The normalized spacial score (nSPS) is 12.0. The summed E-state index contributed by atoms with van der Waals surface area (Å²) in [4.78, 5) is 22.0. The predicted octanol–water partition coefficient (Wildman–Crippen LogP) is 21.7. The first-order valence-corrected chi connectivity index (χ1v) is 29.4. The topological polar surface area (TPSA) is 51.6 Å². The van der Waals surface area contributed by atoms with Gasteiger partial charge in [-0.05, 0) is 141 Å². The lowest BCUT2D eigenvalue weighted by Crippen LogP contribution is -1.99. The average molecular weight is 1090 g/mol. The molecule has 4 heteroatoms. The van der Waals surface area contributed by atoms with Gasteiger partial charge in [-0.25, -0.2) is 19.9 Å². The van der Waals surface area contributed by atoms with Crippen molar-refractivity contribution in [3.05, 3.63) is 291 Å².